The fourth-order valence-electron chi connectivity index (χ4n) is 1.24. The molecule has 0 aliphatic rings. The second-order valence-electron chi connectivity index (χ2n) is 3.62. The van der Waals surface area contributed by atoms with Crippen LogP contribution in [0.2, 0.25) is 0 Å². The van der Waals surface area contributed by atoms with Gasteiger partial charge in [0.25, 0.3) is 5.91 Å². The van der Waals surface area contributed by atoms with Gasteiger partial charge in [-0.15, -0.1) is 0 Å². The summed E-state index contributed by atoms with van der Waals surface area (Å²) < 4.78 is 10.1. The summed E-state index contributed by atoms with van der Waals surface area (Å²) in [6.07, 6.45) is 1.34. The number of hydrogen-bond donors (Lipinski definition) is 2. The van der Waals surface area contributed by atoms with Crippen LogP contribution in [0.3, 0.4) is 0 Å². The summed E-state index contributed by atoms with van der Waals surface area (Å²) in [4.78, 5) is 26.0. The van der Waals surface area contributed by atoms with Crippen molar-refractivity contribution in [3.8, 4) is 5.88 Å². The van der Waals surface area contributed by atoms with Gasteiger partial charge in [-0.2, -0.15) is 0 Å². The zero-order valence-electron chi connectivity index (χ0n) is 10.6. The number of aliphatic carboxylic acids is 1. The van der Waals surface area contributed by atoms with E-state index in [4.69, 9.17) is 14.6 Å². The number of carbonyl (C=O) groups is 2. The molecule has 0 saturated carbocycles. The van der Waals surface area contributed by atoms with E-state index < -0.39 is 5.97 Å². The van der Waals surface area contributed by atoms with Gasteiger partial charge in [0, 0.05) is 31.5 Å². The molecule has 0 unspecified atom stereocenters. The number of rotatable bonds is 8. The van der Waals surface area contributed by atoms with Gasteiger partial charge in [0.05, 0.1) is 13.0 Å². The topological polar surface area (TPSA) is 97.8 Å². The minimum Gasteiger partial charge on any atom is -0.481 e. The number of nitrogens with zero attached hydrogens (tertiary/aromatic N) is 1. The van der Waals surface area contributed by atoms with E-state index in [2.05, 4.69) is 10.3 Å². The number of hydrogen-bond acceptors (Lipinski definition) is 5. The highest BCUT2D eigenvalue weighted by Gasteiger charge is 2.07. The van der Waals surface area contributed by atoms with Crippen molar-refractivity contribution in [2.75, 3.05) is 26.9 Å². The average molecular weight is 268 g/mol. The molecule has 0 aliphatic carbocycles. The van der Waals surface area contributed by atoms with Gasteiger partial charge in [0.1, 0.15) is 6.61 Å². The normalized spacial score (nSPS) is 9.95. The Morgan fingerprint density at radius 3 is 2.89 bits per heavy atom. The SMILES string of the molecule is COCCOc1cc(C(=O)NCCC(=O)O)ccn1. The van der Waals surface area contributed by atoms with Crippen LogP contribution >= 0.6 is 0 Å². The zero-order chi connectivity index (χ0) is 14.1. The van der Waals surface area contributed by atoms with Crippen LogP contribution in [0.25, 0.3) is 0 Å². The smallest absolute Gasteiger partial charge is 0.305 e. The van der Waals surface area contributed by atoms with Crippen LogP contribution in [0, 0.1) is 0 Å². The number of ether oxygens (including phenoxy) is 2. The number of carbonyl (C=O) groups excluding carboxylic acids is 1. The van der Waals surface area contributed by atoms with Crippen LogP contribution in [0.15, 0.2) is 18.3 Å². The third kappa shape index (κ3) is 5.82. The summed E-state index contributed by atoms with van der Waals surface area (Å²) in [6, 6.07) is 3.02. The van der Waals surface area contributed by atoms with E-state index in [-0.39, 0.29) is 18.9 Å². The second kappa shape index (κ2) is 8.04. The molecule has 1 rings (SSSR count). The Kier molecular flexibility index (Phi) is 6.31. The molecule has 1 heterocycles. The lowest BCUT2D eigenvalue weighted by molar-refractivity contribution is -0.136. The van der Waals surface area contributed by atoms with E-state index in [9.17, 15) is 9.59 Å². The number of carboxylic acids is 1. The molecule has 19 heavy (non-hydrogen) atoms. The van der Waals surface area contributed by atoms with Crippen molar-refractivity contribution >= 4 is 11.9 Å². The molecule has 1 aromatic rings. The molecule has 0 aliphatic heterocycles. The Morgan fingerprint density at radius 1 is 1.42 bits per heavy atom. The van der Waals surface area contributed by atoms with E-state index in [1.54, 1.807) is 7.11 Å². The van der Waals surface area contributed by atoms with Crippen LogP contribution in [0.1, 0.15) is 16.8 Å². The molecule has 0 fully saturated rings. The Balaban J connectivity index is 2.50. The average Bonchev–Trinajstić information content (AvgIpc) is 2.39. The number of amides is 1. The highest BCUT2D eigenvalue weighted by Crippen LogP contribution is 2.09. The van der Waals surface area contributed by atoms with Gasteiger partial charge in [-0.05, 0) is 6.07 Å². The van der Waals surface area contributed by atoms with Gasteiger partial charge in [-0.1, -0.05) is 0 Å². The maximum Gasteiger partial charge on any atom is 0.305 e. The van der Waals surface area contributed by atoms with Crippen molar-refractivity contribution < 1.29 is 24.2 Å². The molecule has 0 spiro atoms. The van der Waals surface area contributed by atoms with E-state index in [0.29, 0.717) is 24.7 Å². The third-order valence-electron chi connectivity index (χ3n) is 2.16. The fraction of sp³-hybridized carbons (Fsp3) is 0.417. The quantitative estimate of drug-likeness (QED) is 0.658. The molecule has 104 valence electrons. The van der Waals surface area contributed by atoms with Gasteiger partial charge in [0.15, 0.2) is 0 Å². The standard InChI is InChI=1S/C12H16N2O5/c1-18-6-7-19-10-8-9(2-4-13-10)12(17)14-5-3-11(15)16/h2,4,8H,3,5-7H2,1H3,(H,14,17)(H,15,16). The maximum atomic E-state index is 11.7. The first-order valence-corrected chi connectivity index (χ1v) is 5.71. The second-order valence-corrected chi connectivity index (χ2v) is 3.62. The summed E-state index contributed by atoms with van der Waals surface area (Å²) in [7, 11) is 1.56. The molecule has 0 aromatic carbocycles. The number of methoxy groups -OCH3 is 1. The van der Waals surface area contributed by atoms with Gasteiger partial charge in [-0.25, -0.2) is 4.98 Å². The molecule has 0 atom stereocenters. The first kappa shape index (κ1) is 14.9. The van der Waals surface area contributed by atoms with Crippen molar-refractivity contribution in [1.82, 2.24) is 10.3 Å². The van der Waals surface area contributed by atoms with Crippen molar-refractivity contribution in [2.45, 2.75) is 6.42 Å². The highest BCUT2D eigenvalue weighted by molar-refractivity contribution is 5.94. The molecule has 2 N–H and O–H groups in total. The molecule has 7 heteroatoms. The Bertz CT molecular complexity index is 436. The third-order valence-corrected chi connectivity index (χ3v) is 2.16. The van der Waals surface area contributed by atoms with Gasteiger partial charge in [0.2, 0.25) is 5.88 Å². The van der Waals surface area contributed by atoms with Gasteiger partial charge in [-0.3, -0.25) is 9.59 Å². The van der Waals surface area contributed by atoms with E-state index in [1.807, 2.05) is 0 Å². The number of nitrogens with one attached hydrogen (secondary N) is 1. The van der Waals surface area contributed by atoms with Crippen molar-refractivity contribution in [1.29, 1.82) is 0 Å². The Labute approximate surface area is 110 Å². The molecule has 7 nitrogen and oxygen atoms in total. The molecule has 0 radical (unpaired) electrons. The minimum absolute atomic E-state index is 0.0797. The monoisotopic (exact) mass is 268 g/mol. The molecular formula is C12H16N2O5. The lowest BCUT2D eigenvalue weighted by Gasteiger charge is -2.07. The van der Waals surface area contributed by atoms with E-state index in [0.717, 1.165) is 0 Å². The lowest BCUT2D eigenvalue weighted by atomic mass is 10.2. The summed E-state index contributed by atoms with van der Waals surface area (Å²) in [5.74, 6) is -0.998. The predicted molar refractivity (Wildman–Crippen MR) is 66.2 cm³/mol. The van der Waals surface area contributed by atoms with E-state index in [1.165, 1.54) is 18.3 Å². The van der Waals surface area contributed by atoms with Crippen LogP contribution in [0.5, 0.6) is 5.88 Å². The summed E-state index contributed by atoms with van der Waals surface area (Å²) in [6.45, 7) is 0.848. The number of carboxylic acid groups (broad SMARTS) is 1. The molecular weight excluding hydrogens is 252 g/mol. The van der Waals surface area contributed by atoms with Crippen molar-refractivity contribution in [2.24, 2.45) is 0 Å². The summed E-state index contributed by atoms with van der Waals surface area (Å²) in [5, 5.41) is 11.0. The molecule has 0 saturated heterocycles. The number of pyridine rings is 1. The molecule has 1 amide bonds. The van der Waals surface area contributed by atoms with Crippen molar-refractivity contribution in [3.05, 3.63) is 23.9 Å². The predicted octanol–water partition coefficient (Wildman–Crippen LogP) is 0.311. The zero-order valence-corrected chi connectivity index (χ0v) is 10.6. The largest absolute Gasteiger partial charge is 0.481 e. The first-order valence-electron chi connectivity index (χ1n) is 5.71. The highest BCUT2D eigenvalue weighted by atomic mass is 16.5. The Hall–Kier alpha value is -2.15. The molecule has 1 aromatic heterocycles. The van der Waals surface area contributed by atoms with Crippen molar-refractivity contribution in [3.63, 3.8) is 0 Å². The minimum atomic E-state index is -0.960. The number of aromatic nitrogens is 1. The van der Waals surface area contributed by atoms with Crippen LogP contribution in [0.4, 0.5) is 0 Å². The van der Waals surface area contributed by atoms with Gasteiger partial charge < -0.3 is 19.9 Å². The summed E-state index contributed by atoms with van der Waals surface area (Å²) in [5.41, 5.74) is 0.368. The van der Waals surface area contributed by atoms with Crippen LogP contribution < -0.4 is 10.1 Å². The van der Waals surface area contributed by atoms with Crippen LogP contribution in [-0.4, -0.2) is 48.8 Å². The Morgan fingerprint density at radius 2 is 2.21 bits per heavy atom. The lowest BCUT2D eigenvalue weighted by Crippen LogP contribution is -2.26. The van der Waals surface area contributed by atoms with Crippen LogP contribution in [-0.2, 0) is 9.53 Å². The first-order chi connectivity index (χ1) is 9.13. The van der Waals surface area contributed by atoms with Gasteiger partial charge >= 0.3 is 5.97 Å². The van der Waals surface area contributed by atoms with E-state index >= 15 is 0 Å². The summed E-state index contributed by atoms with van der Waals surface area (Å²) >= 11 is 0. The maximum absolute atomic E-state index is 11.7. The fourth-order valence-corrected chi connectivity index (χ4v) is 1.24. The molecule has 0 bridgehead atoms.